The molecule has 0 radical (unpaired) electrons. The minimum atomic E-state index is -0.898. The van der Waals surface area contributed by atoms with Crippen molar-refractivity contribution in [3.05, 3.63) is 23.8 Å². The van der Waals surface area contributed by atoms with Crippen molar-refractivity contribution in [2.45, 2.75) is 13.0 Å². The third-order valence-electron chi connectivity index (χ3n) is 1.55. The monoisotopic (exact) mass is 181 g/mol. The molecule has 5 nitrogen and oxygen atoms in total. The van der Waals surface area contributed by atoms with Gasteiger partial charge in [-0.1, -0.05) is 0 Å². The van der Waals surface area contributed by atoms with Crippen molar-refractivity contribution in [1.29, 1.82) is 0 Å². The Bertz CT molecular complexity index is 314. The number of esters is 1. The van der Waals surface area contributed by atoms with Crippen molar-refractivity contribution < 1.29 is 9.53 Å². The molecule has 0 aliphatic carbocycles. The minimum Gasteiger partial charge on any atom is -0.468 e. The Morgan fingerprint density at radius 1 is 1.69 bits per heavy atom. The van der Waals surface area contributed by atoms with Crippen LogP contribution in [0.2, 0.25) is 0 Å². The zero-order valence-corrected chi connectivity index (χ0v) is 7.52. The van der Waals surface area contributed by atoms with Gasteiger partial charge in [0.2, 0.25) is 0 Å². The van der Waals surface area contributed by atoms with Crippen molar-refractivity contribution in [3.8, 4) is 0 Å². The fourth-order valence-corrected chi connectivity index (χ4v) is 0.851. The molecule has 1 unspecified atom stereocenters. The van der Waals surface area contributed by atoms with Gasteiger partial charge in [0.05, 0.1) is 7.11 Å². The Morgan fingerprint density at radius 3 is 2.92 bits per heavy atom. The summed E-state index contributed by atoms with van der Waals surface area (Å²) in [6, 6.07) is 0.831. The third kappa shape index (κ3) is 2.22. The highest BCUT2D eigenvalue weighted by Gasteiger charge is 2.18. The van der Waals surface area contributed by atoms with Crippen molar-refractivity contribution in [2.24, 2.45) is 5.73 Å². The van der Waals surface area contributed by atoms with Gasteiger partial charge in [0.1, 0.15) is 0 Å². The largest absolute Gasteiger partial charge is 0.468 e. The van der Waals surface area contributed by atoms with Crippen LogP contribution in [0.3, 0.4) is 0 Å². The second kappa shape index (κ2) is 3.95. The molecule has 70 valence electrons. The minimum absolute atomic E-state index is 0.284. The SMILES string of the molecule is COC(=O)C(N)c1nccc(C)n1. The lowest BCUT2D eigenvalue weighted by molar-refractivity contribution is -0.142. The lowest BCUT2D eigenvalue weighted by atomic mass is 10.3. The number of nitrogens with zero attached hydrogens (tertiary/aromatic N) is 2. The fraction of sp³-hybridized carbons (Fsp3) is 0.375. The maximum atomic E-state index is 11.0. The highest BCUT2D eigenvalue weighted by molar-refractivity contribution is 5.75. The highest BCUT2D eigenvalue weighted by atomic mass is 16.5. The molecule has 1 rings (SSSR count). The van der Waals surface area contributed by atoms with E-state index in [4.69, 9.17) is 5.73 Å². The Balaban J connectivity index is 2.88. The van der Waals surface area contributed by atoms with Crippen LogP contribution in [0.1, 0.15) is 17.6 Å². The average Bonchev–Trinajstić information content (AvgIpc) is 2.15. The molecule has 0 aromatic carbocycles. The molecule has 1 atom stereocenters. The molecule has 0 fully saturated rings. The Hall–Kier alpha value is -1.49. The summed E-state index contributed by atoms with van der Waals surface area (Å²) in [6.07, 6.45) is 1.56. The molecule has 0 spiro atoms. The number of aryl methyl sites for hydroxylation is 1. The van der Waals surface area contributed by atoms with E-state index in [1.165, 1.54) is 7.11 Å². The zero-order chi connectivity index (χ0) is 9.84. The van der Waals surface area contributed by atoms with Gasteiger partial charge in [0, 0.05) is 11.9 Å². The molecule has 0 saturated carbocycles. The Morgan fingerprint density at radius 2 is 2.38 bits per heavy atom. The number of hydrogen-bond donors (Lipinski definition) is 1. The van der Waals surface area contributed by atoms with Gasteiger partial charge >= 0.3 is 5.97 Å². The van der Waals surface area contributed by atoms with Crippen molar-refractivity contribution in [3.63, 3.8) is 0 Å². The second-order valence-corrected chi connectivity index (χ2v) is 2.56. The molecule has 2 N–H and O–H groups in total. The smallest absolute Gasteiger partial charge is 0.330 e. The van der Waals surface area contributed by atoms with E-state index in [0.717, 1.165) is 5.69 Å². The predicted octanol–water partition coefficient (Wildman–Crippen LogP) is -0.0422. The van der Waals surface area contributed by atoms with E-state index < -0.39 is 12.0 Å². The van der Waals surface area contributed by atoms with E-state index in [-0.39, 0.29) is 5.82 Å². The quantitative estimate of drug-likeness (QED) is 0.647. The van der Waals surface area contributed by atoms with Crippen LogP contribution in [0.5, 0.6) is 0 Å². The molecule has 1 aromatic rings. The van der Waals surface area contributed by atoms with Crippen LogP contribution in [0, 0.1) is 6.92 Å². The average molecular weight is 181 g/mol. The number of methoxy groups -OCH3 is 1. The molecular formula is C8H11N3O2. The van der Waals surface area contributed by atoms with Gasteiger partial charge in [0.15, 0.2) is 11.9 Å². The topological polar surface area (TPSA) is 78.1 Å². The molecule has 13 heavy (non-hydrogen) atoms. The summed E-state index contributed by atoms with van der Waals surface area (Å²) in [6.45, 7) is 1.80. The number of ether oxygens (including phenoxy) is 1. The molecule has 0 amide bonds. The molecule has 5 heteroatoms. The molecule has 0 saturated heterocycles. The van der Waals surface area contributed by atoms with Gasteiger partial charge in [-0.15, -0.1) is 0 Å². The van der Waals surface area contributed by atoms with Crippen LogP contribution in [-0.2, 0) is 9.53 Å². The predicted molar refractivity (Wildman–Crippen MR) is 45.7 cm³/mol. The highest BCUT2D eigenvalue weighted by Crippen LogP contribution is 2.05. The lowest BCUT2D eigenvalue weighted by Gasteiger charge is -2.07. The number of nitrogens with two attached hydrogens (primary N) is 1. The first-order valence-corrected chi connectivity index (χ1v) is 3.78. The van der Waals surface area contributed by atoms with Crippen molar-refractivity contribution in [2.75, 3.05) is 7.11 Å². The van der Waals surface area contributed by atoms with E-state index in [2.05, 4.69) is 14.7 Å². The van der Waals surface area contributed by atoms with E-state index in [0.29, 0.717) is 0 Å². The van der Waals surface area contributed by atoms with Crippen LogP contribution in [0.25, 0.3) is 0 Å². The summed E-state index contributed by atoms with van der Waals surface area (Å²) in [4.78, 5) is 18.9. The maximum Gasteiger partial charge on any atom is 0.330 e. The van der Waals surface area contributed by atoms with Gasteiger partial charge in [-0.2, -0.15) is 0 Å². The fourth-order valence-electron chi connectivity index (χ4n) is 0.851. The first-order valence-electron chi connectivity index (χ1n) is 3.78. The van der Waals surface area contributed by atoms with Crippen LogP contribution in [-0.4, -0.2) is 23.0 Å². The Labute approximate surface area is 75.9 Å². The number of carbonyl (C=O) groups excluding carboxylic acids is 1. The zero-order valence-electron chi connectivity index (χ0n) is 7.52. The van der Waals surface area contributed by atoms with Gasteiger partial charge in [-0.3, -0.25) is 0 Å². The number of aromatic nitrogens is 2. The second-order valence-electron chi connectivity index (χ2n) is 2.56. The standard InChI is InChI=1S/C8H11N3O2/c1-5-3-4-10-7(11-5)6(9)8(12)13-2/h3-4,6H,9H2,1-2H3. The maximum absolute atomic E-state index is 11.0. The van der Waals surface area contributed by atoms with Gasteiger partial charge < -0.3 is 10.5 Å². The molecule has 1 aromatic heterocycles. The van der Waals surface area contributed by atoms with Crippen LogP contribution < -0.4 is 5.73 Å². The first kappa shape index (κ1) is 9.60. The van der Waals surface area contributed by atoms with E-state index in [1.54, 1.807) is 19.2 Å². The van der Waals surface area contributed by atoms with Crippen molar-refractivity contribution >= 4 is 5.97 Å². The van der Waals surface area contributed by atoms with Crippen LogP contribution >= 0.6 is 0 Å². The molecule has 0 aliphatic heterocycles. The van der Waals surface area contributed by atoms with Crippen LogP contribution in [0.4, 0.5) is 0 Å². The molecular weight excluding hydrogens is 170 g/mol. The number of rotatable bonds is 2. The number of hydrogen-bond acceptors (Lipinski definition) is 5. The van der Waals surface area contributed by atoms with Gasteiger partial charge in [-0.05, 0) is 13.0 Å². The molecule has 0 aliphatic rings. The third-order valence-corrected chi connectivity index (χ3v) is 1.55. The summed E-state index contributed by atoms with van der Waals surface area (Å²) >= 11 is 0. The lowest BCUT2D eigenvalue weighted by Crippen LogP contribution is -2.24. The van der Waals surface area contributed by atoms with E-state index in [1.807, 2.05) is 0 Å². The number of carbonyl (C=O) groups is 1. The van der Waals surface area contributed by atoms with Gasteiger partial charge in [-0.25, -0.2) is 14.8 Å². The van der Waals surface area contributed by atoms with Gasteiger partial charge in [0.25, 0.3) is 0 Å². The molecule has 0 bridgehead atoms. The first-order chi connectivity index (χ1) is 6.15. The van der Waals surface area contributed by atoms with E-state index in [9.17, 15) is 4.79 Å². The summed E-state index contributed by atoms with van der Waals surface area (Å²) in [7, 11) is 1.28. The summed E-state index contributed by atoms with van der Waals surface area (Å²) in [5.74, 6) is -0.252. The summed E-state index contributed by atoms with van der Waals surface area (Å²) in [5.41, 5.74) is 6.29. The molecule has 1 heterocycles. The van der Waals surface area contributed by atoms with E-state index >= 15 is 0 Å². The summed E-state index contributed by atoms with van der Waals surface area (Å²) in [5, 5.41) is 0. The summed E-state index contributed by atoms with van der Waals surface area (Å²) < 4.78 is 4.46. The van der Waals surface area contributed by atoms with Crippen LogP contribution in [0.15, 0.2) is 12.3 Å². The van der Waals surface area contributed by atoms with Crippen molar-refractivity contribution in [1.82, 2.24) is 9.97 Å². The normalized spacial score (nSPS) is 12.2. The Kier molecular flexibility index (Phi) is 2.92.